The molecule has 1 atom stereocenters. The predicted octanol–water partition coefficient (Wildman–Crippen LogP) is 2.55. The van der Waals surface area contributed by atoms with Crippen LogP contribution in [-0.4, -0.2) is 34.3 Å². The molecule has 0 aliphatic rings. The van der Waals surface area contributed by atoms with Crippen LogP contribution in [0.5, 0.6) is 0 Å². The summed E-state index contributed by atoms with van der Waals surface area (Å²) < 4.78 is 1.96. The lowest BCUT2D eigenvalue weighted by Gasteiger charge is -2.23. The molecule has 0 spiro atoms. The Balaban J connectivity index is 2.44. The first kappa shape index (κ1) is 13.1. The number of thioether (sulfide) groups is 1. The lowest BCUT2D eigenvalue weighted by Crippen LogP contribution is -2.29. The molecular weight excluding hydrogens is 266 g/mol. The Bertz CT molecular complexity index is 589. The van der Waals surface area contributed by atoms with Crippen LogP contribution in [0.1, 0.15) is 13.3 Å². The Morgan fingerprint density at radius 2 is 2.33 bits per heavy atom. The molecule has 1 unspecified atom stereocenters. The van der Waals surface area contributed by atoms with Crippen LogP contribution in [0.4, 0.5) is 5.82 Å². The highest BCUT2D eigenvalue weighted by molar-refractivity contribution is 8.00. The van der Waals surface area contributed by atoms with E-state index in [1.165, 1.54) is 6.33 Å². The molecule has 0 aromatic carbocycles. The zero-order chi connectivity index (χ0) is 13.1. The summed E-state index contributed by atoms with van der Waals surface area (Å²) in [5, 5.41) is 8.77. The molecule has 0 amide bonds. The Kier molecular flexibility index (Phi) is 3.99. The van der Waals surface area contributed by atoms with E-state index in [4.69, 9.17) is 5.26 Å². The summed E-state index contributed by atoms with van der Waals surface area (Å²) in [4.78, 5) is 14.9. The molecule has 0 aliphatic carbocycles. The number of nitriles is 1. The summed E-state index contributed by atoms with van der Waals surface area (Å²) >= 11 is 3.19. The largest absolute Gasteiger partial charge is 0.355 e. The topological polar surface area (TPSA) is 65.7 Å². The second-order valence-corrected chi connectivity index (χ2v) is 5.91. The number of hydrogen-bond acceptors (Lipinski definition) is 7. The average Bonchev–Trinajstić information content (AvgIpc) is 2.80. The standard InChI is InChI=1S/C11H13N5S2/c1-7(4-5-12)16(2)10-8-9(13-6-14-10)15-11(17-3)18-8/h6-7H,4H2,1-3H3. The van der Waals surface area contributed by atoms with Crippen molar-refractivity contribution in [2.75, 3.05) is 18.2 Å². The number of thiazole rings is 1. The van der Waals surface area contributed by atoms with E-state index >= 15 is 0 Å². The van der Waals surface area contributed by atoms with E-state index in [0.717, 1.165) is 20.5 Å². The van der Waals surface area contributed by atoms with Gasteiger partial charge in [0.1, 0.15) is 11.0 Å². The van der Waals surface area contributed by atoms with E-state index in [0.29, 0.717) is 6.42 Å². The van der Waals surface area contributed by atoms with E-state index in [1.807, 2.05) is 25.1 Å². The number of fused-ring (bicyclic) bond motifs is 1. The molecule has 94 valence electrons. The molecule has 2 rings (SSSR count). The van der Waals surface area contributed by atoms with Gasteiger partial charge >= 0.3 is 0 Å². The first-order chi connectivity index (χ1) is 8.67. The van der Waals surface area contributed by atoms with Gasteiger partial charge in [0, 0.05) is 13.1 Å². The zero-order valence-electron chi connectivity index (χ0n) is 10.4. The van der Waals surface area contributed by atoms with Crippen molar-refractivity contribution in [1.29, 1.82) is 5.26 Å². The second kappa shape index (κ2) is 5.50. The summed E-state index contributed by atoms with van der Waals surface area (Å²) in [5.41, 5.74) is 0.727. The number of hydrogen-bond donors (Lipinski definition) is 0. The second-order valence-electron chi connectivity index (χ2n) is 3.86. The maximum atomic E-state index is 8.77. The van der Waals surface area contributed by atoms with Crippen LogP contribution < -0.4 is 4.90 Å². The Morgan fingerprint density at radius 3 is 3.00 bits per heavy atom. The minimum atomic E-state index is 0.118. The van der Waals surface area contributed by atoms with Crippen molar-refractivity contribution in [2.24, 2.45) is 0 Å². The Hall–Kier alpha value is -1.39. The fraction of sp³-hybridized carbons (Fsp3) is 0.455. The van der Waals surface area contributed by atoms with Gasteiger partial charge in [0.05, 0.1) is 12.5 Å². The van der Waals surface area contributed by atoms with Crippen molar-refractivity contribution < 1.29 is 0 Å². The maximum absolute atomic E-state index is 8.77. The molecule has 0 saturated heterocycles. The van der Waals surface area contributed by atoms with Crippen LogP contribution in [0.25, 0.3) is 10.3 Å². The number of anilines is 1. The molecule has 7 heteroatoms. The quantitative estimate of drug-likeness (QED) is 0.801. The SMILES string of the molecule is CSc1nc2ncnc(N(C)C(C)CC#N)c2s1. The molecule has 0 fully saturated rings. The minimum absolute atomic E-state index is 0.118. The molecule has 2 heterocycles. The van der Waals surface area contributed by atoms with Crippen molar-refractivity contribution >= 4 is 39.3 Å². The third-order valence-corrected chi connectivity index (χ3v) is 4.74. The monoisotopic (exact) mass is 279 g/mol. The highest BCUT2D eigenvalue weighted by Gasteiger charge is 2.17. The van der Waals surface area contributed by atoms with Crippen molar-refractivity contribution in [3.8, 4) is 6.07 Å². The van der Waals surface area contributed by atoms with Crippen LogP contribution in [0.3, 0.4) is 0 Å². The predicted molar refractivity (Wildman–Crippen MR) is 75.1 cm³/mol. The third kappa shape index (κ3) is 2.40. The van der Waals surface area contributed by atoms with Gasteiger partial charge < -0.3 is 4.90 Å². The molecule has 5 nitrogen and oxygen atoms in total. The normalized spacial score (nSPS) is 12.3. The minimum Gasteiger partial charge on any atom is -0.355 e. The van der Waals surface area contributed by atoms with Crippen molar-refractivity contribution in [1.82, 2.24) is 15.0 Å². The van der Waals surface area contributed by atoms with Crippen LogP contribution in [0.2, 0.25) is 0 Å². The van der Waals surface area contributed by atoms with Gasteiger partial charge in [-0.3, -0.25) is 0 Å². The lowest BCUT2D eigenvalue weighted by atomic mass is 10.2. The molecule has 0 N–H and O–H groups in total. The summed E-state index contributed by atoms with van der Waals surface area (Å²) in [6.45, 7) is 2.01. The van der Waals surface area contributed by atoms with Gasteiger partial charge in [-0.2, -0.15) is 5.26 Å². The average molecular weight is 279 g/mol. The third-order valence-electron chi connectivity index (χ3n) is 2.71. The summed E-state index contributed by atoms with van der Waals surface area (Å²) in [5.74, 6) is 0.848. The van der Waals surface area contributed by atoms with Gasteiger partial charge in [0.2, 0.25) is 0 Å². The molecule has 0 bridgehead atoms. The van der Waals surface area contributed by atoms with E-state index < -0.39 is 0 Å². The van der Waals surface area contributed by atoms with E-state index in [2.05, 4.69) is 21.0 Å². The Morgan fingerprint density at radius 1 is 1.56 bits per heavy atom. The fourth-order valence-electron chi connectivity index (χ4n) is 1.54. The first-order valence-corrected chi connectivity index (χ1v) is 7.46. The van der Waals surface area contributed by atoms with Crippen LogP contribution in [0.15, 0.2) is 10.7 Å². The number of rotatable bonds is 4. The number of nitrogens with zero attached hydrogens (tertiary/aromatic N) is 5. The lowest BCUT2D eigenvalue weighted by molar-refractivity contribution is 0.696. The van der Waals surface area contributed by atoms with Gasteiger partial charge in [-0.25, -0.2) is 15.0 Å². The maximum Gasteiger partial charge on any atom is 0.176 e. The molecular formula is C11H13N5S2. The highest BCUT2D eigenvalue weighted by atomic mass is 32.2. The van der Waals surface area contributed by atoms with E-state index in [9.17, 15) is 0 Å². The van der Waals surface area contributed by atoms with Crippen molar-refractivity contribution in [2.45, 2.75) is 23.7 Å². The van der Waals surface area contributed by atoms with Crippen molar-refractivity contribution in [3.05, 3.63) is 6.33 Å². The van der Waals surface area contributed by atoms with Crippen LogP contribution in [0, 0.1) is 11.3 Å². The summed E-state index contributed by atoms with van der Waals surface area (Å²) in [6.07, 6.45) is 3.99. The molecule has 2 aromatic heterocycles. The van der Waals surface area contributed by atoms with E-state index in [1.54, 1.807) is 23.1 Å². The molecule has 18 heavy (non-hydrogen) atoms. The van der Waals surface area contributed by atoms with Gasteiger partial charge in [-0.1, -0.05) is 11.8 Å². The van der Waals surface area contributed by atoms with Crippen molar-refractivity contribution in [3.63, 3.8) is 0 Å². The molecule has 2 aromatic rings. The Labute approximate surface area is 114 Å². The van der Waals surface area contributed by atoms with Crippen LogP contribution >= 0.6 is 23.1 Å². The van der Waals surface area contributed by atoms with Gasteiger partial charge in [0.15, 0.2) is 15.8 Å². The number of aromatic nitrogens is 3. The highest BCUT2D eigenvalue weighted by Crippen LogP contribution is 2.32. The molecule has 0 aliphatic heterocycles. The summed E-state index contributed by atoms with van der Waals surface area (Å²) in [7, 11) is 1.95. The molecule has 0 radical (unpaired) electrons. The fourth-order valence-corrected chi connectivity index (χ4v) is 3.08. The zero-order valence-corrected chi connectivity index (χ0v) is 12.0. The van der Waals surface area contributed by atoms with Gasteiger partial charge in [-0.15, -0.1) is 11.3 Å². The van der Waals surface area contributed by atoms with E-state index in [-0.39, 0.29) is 6.04 Å². The molecule has 0 saturated carbocycles. The van der Waals surface area contributed by atoms with Crippen LogP contribution in [-0.2, 0) is 0 Å². The summed E-state index contributed by atoms with van der Waals surface area (Å²) in [6, 6.07) is 2.30. The van der Waals surface area contributed by atoms with Gasteiger partial charge in [-0.05, 0) is 13.2 Å². The van der Waals surface area contributed by atoms with Gasteiger partial charge in [0.25, 0.3) is 0 Å². The smallest absolute Gasteiger partial charge is 0.176 e. The first-order valence-electron chi connectivity index (χ1n) is 5.42.